The molecule has 0 radical (unpaired) electrons. The van der Waals surface area contributed by atoms with E-state index in [0.29, 0.717) is 17.6 Å². The second-order valence-electron chi connectivity index (χ2n) is 8.68. The number of rotatable bonds is 1. The first-order chi connectivity index (χ1) is 11.9. The zero-order valence-corrected chi connectivity index (χ0v) is 16.4. The van der Waals surface area contributed by atoms with Crippen molar-refractivity contribution in [3.8, 4) is 0 Å². The maximum Gasteiger partial charge on any atom is 0.407 e. The number of alkyl carbamates (subject to hydrolysis) is 1. The Morgan fingerprint density at radius 2 is 2.04 bits per heavy atom. The van der Waals surface area contributed by atoms with Crippen LogP contribution in [-0.4, -0.2) is 41.6 Å². The van der Waals surface area contributed by atoms with Gasteiger partial charge in [0, 0.05) is 13.5 Å². The van der Waals surface area contributed by atoms with E-state index in [1.807, 2.05) is 6.08 Å². The van der Waals surface area contributed by atoms with E-state index >= 15 is 0 Å². The van der Waals surface area contributed by atoms with Crippen LogP contribution in [0.2, 0.25) is 0 Å². The Morgan fingerprint density at radius 1 is 1.24 bits per heavy atom. The van der Waals surface area contributed by atoms with Gasteiger partial charge in [-0.05, 0) is 79.1 Å². The van der Waals surface area contributed by atoms with Crippen LogP contribution < -0.4 is 5.32 Å². The van der Waals surface area contributed by atoms with Crippen molar-refractivity contribution in [2.45, 2.75) is 56.1 Å². The molecule has 2 aliphatic heterocycles. The average molecular weight is 366 g/mol. The molecular weight excluding hydrogens is 334 g/mol. The summed E-state index contributed by atoms with van der Waals surface area (Å²) in [6.07, 6.45) is 10.5. The van der Waals surface area contributed by atoms with Gasteiger partial charge in [0.15, 0.2) is 5.78 Å². The van der Waals surface area contributed by atoms with Crippen LogP contribution in [0.3, 0.4) is 0 Å². The summed E-state index contributed by atoms with van der Waals surface area (Å²) < 4.78 is 5.81. The molecule has 0 aromatic rings. The van der Waals surface area contributed by atoms with Gasteiger partial charge in [0.2, 0.25) is 0 Å². The van der Waals surface area contributed by atoms with Crippen molar-refractivity contribution >= 4 is 21.9 Å². The molecule has 3 fully saturated rings. The monoisotopic (exact) mass is 365 g/mol. The summed E-state index contributed by atoms with van der Waals surface area (Å²) in [7, 11) is 0.715. The van der Waals surface area contributed by atoms with Crippen LogP contribution in [0, 0.1) is 23.7 Å². The number of ether oxygens (including phenoxy) is 1. The lowest BCUT2D eigenvalue weighted by atomic mass is 9.61. The molecule has 4 aliphatic rings. The molecular formula is C20H31NO3S. The standard InChI is InChI=1S/C20H31NO3S/c1-12-11-25(3)17(8-9-18(25)24-20(23)21-2)16-6-4-13-10-14(22)5-7-15(13)19(12)16/h10,12,15-19H,4-9,11H2,1-3H3,(H,21,23). The Hall–Kier alpha value is -0.970. The number of carbonyl (C=O) groups is 2. The van der Waals surface area contributed by atoms with Crippen LogP contribution in [-0.2, 0) is 9.53 Å². The molecule has 0 aromatic carbocycles. The first kappa shape index (κ1) is 17.4. The van der Waals surface area contributed by atoms with Crippen molar-refractivity contribution < 1.29 is 14.3 Å². The molecule has 7 unspecified atom stereocenters. The van der Waals surface area contributed by atoms with Gasteiger partial charge in [-0.2, -0.15) is 0 Å². The molecule has 2 aliphatic carbocycles. The second kappa shape index (κ2) is 6.33. The molecule has 0 spiro atoms. The minimum atomic E-state index is -0.929. The Bertz CT molecular complexity index is 618. The highest BCUT2D eigenvalue weighted by molar-refractivity contribution is 8.34. The predicted octanol–water partition coefficient (Wildman–Crippen LogP) is 3.85. The quantitative estimate of drug-likeness (QED) is 0.768. The van der Waals surface area contributed by atoms with Gasteiger partial charge < -0.3 is 10.1 Å². The van der Waals surface area contributed by atoms with Gasteiger partial charge in [-0.25, -0.2) is 14.8 Å². The number of allylic oxidation sites excluding steroid dienone is 2. The molecule has 0 aromatic heterocycles. The average Bonchev–Trinajstić information content (AvgIpc) is 2.90. The normalized spacial score (nSPS) is 48.3. The third kappa shape index (κ3) is 2.73. The van der Waals surface area contributed by atoms with E-state index in [0.717, 1.165) is 42.8 Å². The topological polar surface area (TPSA) is 55.4 Å². The largest absolute Gasteiger partial charge is 0.437 e. The van der Waals surface area contributed by atoms with Crippen LogP contribution in [0.1, 0.15) is 45.4 Å². The van der Waals surface area contributed by atoms with Crippen molar-refractivity contribution in [1.82, 2.24) is 5.32 Å². The maximum absolute atomic E-state index is 11.8. The number of ketones is 1. The second-order valence-corrected chi connectivity index (χ2v) is 12.6. The van der Waals surface area contributed by atoms with Crippen molar-refractivity contribution in [3.05, 3.63) is 11.6 Å². The van der Waals surface area contributed by atoms with Crippen LogP contribution in [0.4, 0.5) is 4.79 Å². The highest BCUT2D eigenvalue weighted by atomic mass is 32.3. The molecule has 7 atom stereocenters. The fourth-order valence-electron chi connectivity index (χ4n) is 6.55. The van der Waals surface area contributed by atoms with Gasteiger partial charge in [-0.3, -0.25) is 4.79 Å². The van der Waals surface area contributed by atoms with Gasteiger partial charge in [-0.1, -0.05) is 12.5 Å². The van der Waals surface area contributed by atoms with Crippen LogP contribution in [0.25, 0.3) is 0 Å². The molecule has 25 heavy (non-hydrogen) atoms. The number of amides is 1. The zero-order valence-electron chi connectivity index (χ0n) is 15.6. The summed E-state index contributed by atoms with van der Waals surface area (Å²) in [5.41, 5.74) is 1.57. The molecule has 1 saturated carbocycles. The molecule has 1 N–H and O–H groups in total. The maximum atomic E-state index is 11.8. The first-order valence-corrected chi connectivity index (χ1v) is 12.1. The van der Waals surface area contributed by atoms with E-state index in [1.54, 1.807) is 7.05 Å². The van der Waals surface area contributed by atoms with E-state index < -0.39 is 10.0 Å². The minimum Gasteiger partial charge on any atom is -0.437 e. The molecule has 4 rings (SSSR count). The van der Waals surface area contributed by atoms with E-state index in [4.69, 9.17) is 4.74 Å². The fraction of sp³-hybridized carbons (Fsp3) is 0.800. The van der Waals surface area contributed by atoms with Crippen LogP contribution >= 0.6 is 10.0 Å². The lowest BCUT2D eigenvalue weighted by Crippen LogP contribution is -2.49. The fourth-order valence-corrected chi connectivity index (χ4v) is 11.5. The molecule has 140 valence electrons. The summed E-state index contributed by atoms with van der Waals surface area (Å²) >= 11 is 0. The van der Waals surface area contributed by atoms with Crippen molar-refractivity contribution in [1.29, 1.82) is 0 Å². The summed E-state index contributed by atoms with van der Waals surface area (Å²) in [5.74, 6) is 4.35. The number of fused-ring (bicyclic) bond motifs is 5. The number of hydrogen-bond donors (Lipinski definition) is 1. The van der Waals surface area contributed by atoms with Gasteiger partial charge in [0.05, 0.1) is 0 Å². The van der Waals surface area contributed by atoms with Crippen LogP contribution in [0.5, 0.6) is 0 Å². The highest BCUT2D eigenvalue weighted by Gasteiger charge is 2.57. The first-order valence-electron chi connectivity index (χ1n) is 9.79. The van der Waals surface area contributed by atoms with Crippen LogP contribution in [0.15, 0.2) is 11.6 Å². The van der Waals surface area contributed by atoms with Gasteiger partial charge >= 0.3 is 6.09 Å². The zero-order chi connectivity index (χ0) is 17.8. The Labute approximate surface area is 152 Å². The highest BCUT2D eigenvalue weighted by Crippen LogP contribution is 2.71. The Kier molecular flexibility index (Phi) is 4.41. The lowest BCUT2D eigenvalue weighted by molar-refractivity contribution is -0.115. The predicted molar refractivity (Wildman–Crippen MR) is 102 cm³/mol. The van der Waals surface area contributed by atoms with Gasteiger partial charge in [-0.15, -0.1) is 0 Å². The third-order valence-corrected chi connectivity index (χ3v) is 12.2. The number of nitrogens with one attached hydrogen (secondary N) is 1. The van der Waals surface area contributed by atoms with Crippen molar-refractivity contribution in [2.75, 3.05) is 19.1 Å². The smallest absolute Gasteiger partial charge is 0.407 e. The minimum absolute atomic E-state index is 0.130. The third-order valence-electron chi connectivity index (χ3n) is 7.43. The summed E-state index contributed by atoms with van der Waals surface area (Å²) in [5, 5.41) is 3.36. The summed E-state index contributed by atoms with van der Waals surface area (Å²) in [4.78, 5) is 23.6. The summed E-state index contributed by atoms with van der Waals surface area (Å²) in [6, 6.07) is 0. The molecule has 0 bridgehead atoms. The molecule has 2 saturated heterocycles. The number of carbonyl (C=O) groups excluding carboxylic acids is 2. The van der Waals surface area contributed by atoms with Gasteiger partial charge in [0.25, 0.3) is 0 Å². The van der Waals surface area contributed by atoms with Crippen molar-refractivity contribution in [3.63, 3.8) is 0 Å². The van der Waals surface area contributed by atoms with Crippen molar-refractivity contribution in [2.24, 2.45) is 23.7 Å². The SMILES string of the molecule is CNC(=O)OC1CCC2C3CCC4=CC(=O)CCC4C3C(C)CS12C. The Balaban J connectivity index is 1.60. The van der Waals surface area contributed by atoms with Gasteiger partial charge in [0.1, 0.15) is 5.44 Å². The molecule has 1 amide bonds. The lowest BCUT2D eigenvalue weighted by Gasteiger charge is -2.58. The number of hydrogen-bond acceptors (Lipinski definition) is 3. The van der Waals surface area contributed by atoms with E-state index in [1.165, 1.54) is 24.2 Å². The Morgan fingerprint density at radius 3 is 2.80 bits per heavy atom. The van der Waals surface area contributed by atoms with E-state index in [-0.39, 0.29) is 11.5 Å². The molecule has 4 nitrogen and oxygen atoms in total. The van der Waals surface area contributed by atoms with E-state index in [9.17, 15) is 9.59 Å². The molecule has 2 heterocycles. The van der Waals surface area contributed by atoms with E-state index in [2.05, 4.69) is 18.5 Å². The molecule has 5 heteroatoms. The summed E-state index contributed by atoms with van der Waals surface area (Å²) in [6.45, 7) is 2.42.